The molecule has 1 saturated heterocycles. The fourth-order valence-electron chi connectivity index (χ4n) is 3.21. The Morgan fingerprint density at radius 2 is 1.93 bits per heavy atom. The lowest BCUT2D eigenvalue weighted by Crippen LogP contribution is -2.28. The summed E-state index contributed by atoms with van der Waals surface area (Å²) in [6, 6.07) is 12.6. The number of aryl methyl sites for hydroxylation is 1. The smallest absolute Gasteiger partial charge is 0.311 e. The van der Waals surface area contributed by atoms with E-state index in [1.807, 2.05) is 26.0 Å². The number of nitrogens with one attached hydrogen (secondary N) is 1. The van der Waals surface area contributed by atoms with Gasteiger partial charge >= 0.3 is 5.97 Å². The Bertz CT molecular complexity index is 945. The van der Waals surface area contributed by atoms with Crippen LogP contribution in [0.1, 0.15) is 18.9 Å². The Morgan fingerprint density at radius 3 is 2.60 bits per heavy atom. The summed E-state index contributed by atoms with van der Waals surface area (Å²) in [5, 5.41) is 2.72. The SMILES string of the molecule is CCOc1ccc(N2C[C@@H](C(=O)OCC(=O)Nc3ccc(Br)cc3C)CC2=O)cc1. The second-order valence-corrected chi connectivity index (χ2v) is 7.86. The second kappa shape index (κ2) is 9.75. The highest BCUT2D eigenvalue weighted by Crippen LogP contribution is 2.27. The third-order valence-electron chi connectivity index (χ3n) is 4.73. The maximum absolute atomic E-state index is 12.4. The molecule has 2 amide bonds. The van der Waals surface area contributed by atoms with Crippen LogP contribution < -0.4 is 15.0 Å². The minimum atomic E-state index is -0.605. The number of anilines is 2. The number of hydrogen-bond acceptors (Lipinski definition) is 5. The number of hydrogen-bond donors (Lipinski definition) is 1. The summed E-state index contributed by atoms with van der Waals surface area (Å²) in [5.41, 5.74) is 2.23. The molecule has 1 N–H and O–H groups in total. The molecule has 0 aromatic heterocycles. The van der Waals surface area contributed by atoms with E-state index in [1.54, 1.807) is 35.2 Å². The molecule has 3 rings (SSSR count). The van der Waals surface area contributed by atoms with E-state index in [9.17, 15) is 14.4 Å². The summed E-state index contributed by atoms with van der Waals surface area (Å²) < 4.78 is 11.5. The van der Waals surface area contributed by atoms with Crippen LogP contribution in [0.3, 0.4) is 0 Å². The third kappa shape index (κ3) is 5.38. The molecule has 1 atom stereocenters. The lowest BCUT2D eigenvalue weighted by Gasteiger charge is -2.17. The van der Waals surface area contributed by atoms with Crippen LogP contribution in [-0.4, -0.2) is 37.5 Å². The van der Waals surface area contributed by atoms with Crippen LogP contribution in [0.2, 0.25) is 0 Å². The Kier molecular flexibility index (Phi) is 7.10. The Balaban J connectivity index is 1.52. The van der Waals surface area contributed by atoms with E-state index in [0.717, 1.165) is 15.8 Å². The predicted octanol–water partition coefficient (Wildman–Crippen LogP) is 3.69. The molecule has 0 aliphatic carbocycles. The Labute approximate surface area is 183 Å². The van der Waals surface area contributed by atoms with Crippen molar-refractivity contribution in [2.24, 2.45) is 5.92 Å². The van der Waals surface area contributed by atoms with Crippen molar-refractivity contribution >= 4 is 45.1 Å². The van der Waals surface area contributed by atoms with Crippen LogP contribution in [0, 0.1) is 12.8 Å². The minimum absolute atomic E-state index is 0.0550. The summed E-state index contributed by atoms with van der Waals surface area (Å²) in [4.78, 5) is 38.4. The van der Waals surface area contributed by atoms with Crippen molar-refractivity contribution in [1.82, 2.24) is 0 Å². The highest BCUT2D eigenvalue weighted by Gasteiger charge is 2.36. The molecule has 0 bridgehead atoms. The third-order valence-corrected chi connectivity index (χ3v) is 5.22. The molecular formula is C22H23BrN2O5. The van der Waals surface area contributed by atoms with Crippen molar-refractivity contribution in [1.29, 1.82) is 0 Å². The van der Waals surface area contributed by atoms with E-state index in [2.05, 4.69) is 21.2 Å². The summed E-state index contributed by atoms with van der Waals surface area (Å²) in [6.45, 7) is 4.15. The number of carbonyl (C=O) groups excluding carboxylic acids is 3. The molecule has 7 nitrogen and oxygen atoms in total. The van der Waals surface area contributed by atoms with Crippen LogP contribution in [0.4, 0.5) is 11.4 Å². The first-order valence-corrected chi connectivity index (χ1v) is 10.4. The van der Waals surface area contributed by atoms with E-state index in [4.69, 9.17) is 9.47 Å². The number of nitrogens with zero attached hydrogens (tertiary/aromatic N) is 1. The second-order valence-electron chi connectivity index (χ2n) is 6.95. The van der Waals surface area contributed by atoms with E-state index in [1.165, 1.54) is 0 Å². The van der Waals surface area contributed by atoms with E-state index in [0.29, 0.717) is 18.0 Å². The van der Waals surface area contributed by atoms with Gasteiger partial charge in [-0.3, -0.25) is 14.4 Å². The summed E-state index contributed by atoms with van der Waals surface area (Å²) in [6.07, 6.45) is 0.0550. The zero-order valence-corrected chi connectivity index (χ0v) is 18.4. The van der Waals surface area contributed by atoms with Gasteiger partial charge in [-0.1, -0.05) is 15.9 Å². The molecule has 0 spiro atoms. The number of esters is 1. The molecule has 8 heteroatoms. The van der Waals surface area contributed by atoms with Gasteiger partial charge in [0.25, 0.3) is 5.91 Å². The quantitative estimate of drug-likeness (QED) is 0.618. The molecule has 1 aliphatic heterocycles. The van der Waals surface area contributed by atoms with Gasteiger partial charge in [0.15, 0.2) is 6.61 Å². The maximum Gasteiger partial charge on any atom is 0.311 e. The average molecular weight is 475 g/mol. The largest absolute Gasteiger partial charge is 0.494 e. The molecule has 2 aromatic rings. The number of rotatable bonds is 7. The monoisotopic (exact) mass is 474 g/mol. The first kappa shape index (κ1) is 21.8. The summed E-state index contributed by atoms with van der Waals surface area (Å²) >= 11 is 3.37. The predicted molar refractivity (Wildman–Crippen MR) is 117 cm³/mol. The van der Waals surface area contributed by atoms with Gasteiger partial charge in [0.05, 0.1) is 12.5 Å². The first-order valence-electron chi connectivity index (χ1n) is 9.63. The number of amides is 2. The van der Waals surface area contributed by atoms with Crippen LogP contribution in [-0.2, 0) is 19.1 Å². The Morgan fingerprint density at radius 1 is 1.20 bits per heavy atom. The standard InChI is InChI=1S/C22H23BrN2O5/c1-3-29-18-7-5-17(6-8-18)25-12-15(11-21(25)27)22(28)30-13-20(26)24-19-9-4-16(23)10-14(19)2/h4-10,15H,3,11-13H2,1-2H3,(H,24,26)/t15-/m0/s1. The van der Waals surface area contributed by atoms with Crippen molar-refractivity contribution in [3.63, 3.8) is 0 Å². The molecule has 0 radical (unpaired) electrons. The van der Waals surface area contributed by atoms with Gasteiger partial charge in [0.2, 0.25) is 5.91 Å². The average Bonchev–Trinajstić information content (AvgIpc) is 3.11. The number of carbonyl (C=O) groups is 3. The lowest BCUT2D eigenvalue weighted by atomic mass is 10.1. The molecule has 0 unspecified atom stereocenters. The highest BCUT2D eigenvalue weighted by molar-refractivity contribution is 9.10. The number of ether oxygens (including phenoxy) is 2. The van der Waals surface area contributed by atoms with E-state index >= 15 is 0 Å². The number of halogens is 1. The Hall–Kier alpha value is -2.87. The van der Waals surface area contributed by atoms with Gasteiger partial charge in [0, 0.05) is 28.8 Å². The van der Waals surface area contributed by atoms with Crippen LogP contribution in [0.25, 0.3) is 0 Å². The zero-order chi connectivity index (χ0) is 21.7. The fraction of sp³-hybridized carbons (Fsp3) is 0.318. The zero-order valence-electron chi connectivity index (χ0n) is 16.8. The van der Waals surface area contributed by atoms with Gasteiger partial charge in [0.1, 0.15) is 5.75 Å². The lowest BCUT2D eigenvalue weighted by molar-refractivity contribution is -0.151. The normalized spacial score (nSPS) is 15.8. The maximum atomic E-state index is 12.4. The van der Waals surface area contributed by atoms with Crippen LogP contribution >= 0.6 is 15.9 Å². The van der Waals surface area contributed by atoms with E-state index < -0.39 is 24.4 Å². The van der Waals surface area contributed by atoms with Gasteiger partial charge < -0.3 is 19.7 Å². The van der Waals surface area contributed by atoms with Gasteiger partial charge in [-0.2, -0.15) is 0 Å². The van der Waals surface area contributed by atoms with E-state index in [-0.39, 0.29) is 18.9 Å². The van der Waals surface area contributed by atoms with Crippen molar-refractivity contribution in [3.8, 4) is 5.75 Å². The van der Waals surface area contributed by atoms with Crippen molar-refractivity contribution < 1.29 is 23.9 Å². The van der Waals surface area contributed by atoms with Gasteiger partial charge in [-0.25, -0.2) is 0 Å². The minimum Gasteiger partial charge on any atom is -0.494 e. The molecule has 2 aromatic carbocycles. The van der Waals surface area contributed by atoms with Crippen LogP contribution in [0.5, 0.6) is 5.75 Å². The molecule has 1 fully saturated rings. The fourth-order valence-corrected chi connectivity index (χ4v) is 3.69. The van der Waals surface area contributed by atoms with Gasteiger partial charge in [-0.15, -0.1) is 0 Å². The number of benzene rings is 2. The van der Waals surface area contributed by atoms with Crippen molar-refractivity contribution in [2.45, 2.75) is 20.3 Å². The molecular weight excluding hydrogens is 452 g/mol. The summed E-state index contributed by atoms with van der Waals surface area (Å²) in [5.74, 6) is -1.03. The van der Waals surface area contributed by atoms with Gasteiger partial charge in [-0.05, 0) is 61.9 Å². The molecule has 0 saturated carbocycles. The molecule has 158 valence electrons. The first-order chi connectivity index (χ1) is 14.4. The van der Waals surface area contributed by atoms with Crippen molar-refractivity contribution in [3.05, 3.63) is 52.5 Å². The molecule has 30 heavy (non-hydrogen) atoms. The highest BCUT2D eigenvalue weighted by atomic mass is 79.9. The molecule has 1 aliphatic rings. The topological polar surface area (TPSA) is 84.9 Å². The van der Waals surface area contributed by atoms with Crippen molar-refractivity contribution in [2.75, 3.05) is 30.0 Å². The van der Waals surface area contributed by atoms with Crippen LogP contribution in [0.15, 0.2) is 46.9 Å². The molecule has 1 heterocycles. The summed E-state index contributed by atoms with van der Waals surface area (Å²) in [7, 11) is 0.